The second kappa shape index (κ2) is 9.32. The van der Waals surface area contributed by atoms with Crippen molar-refractivity contribution >= 4 is 28.8 Å². The Balaban J connectivity index is 2.15. The van der Waals surface area contributed by atoms with Gasteiger partial charge in [0.15, 0.2) is 0 Å². The summed E-state index contributed by atoms with van der Waals surface area (Å²) in [5.74, 6) is 0.639. The Labute approximate surface area is 130 Å². The minimum Gasteiger partial charge on any atom is -0.359 e. The van der Waals surface area contributed by atoms with Crippen molar-refractivity contribution in [3.63, 3.8) is 0 Å². The molecule has 1 N–H and O–H groups in total. The van der Waals surface area contributed by atoms with Crippen LogP contribution >= 0.6 is 22.9 Å². The maximum absolute atomic E-state index is 11.4. The van der Waals surface area contributed by atoms with Crippen LogP contribution in [-0.2, 0) is 17.1 Å². The molecule has 114 valence electrons. The van der Waals surface area contributed by atoms with Gasteiger partial charge in [0.25, 0.3) is 0 Å². The van der Waals surface area contributed by atoms with Gasteiger partial charge in [0.1, 0.15) is 0 Å². The van der Waals surface area contributed by atoms with Gasteiger partial charge in [-0.15, -0.1) is 22.9 Å². The summed E-state index contributed by atoms with van der Waals surface area (Å²) in [7, 11) is 3.75. The minimum atomic E-state index is 0.0373. The number of carbonyl (C=O) groups is 1. The highest BCUT2D eigenvalue weighted by Gasteiger charge is 2.13. The number of aromatic nitrogens is 1. The van der Waals surface area contributed by atoms with Gasteiger partial charge in [-0.2, -0.15) is 0 Å². The first kappa shape index (κ1) is 17.4. The van der Waals surface area contributed by atoms with E-state index < -0.39 is 0 Å². The van der Waals surface area contributed by atoms with Crippen molar-refractivity contribution in [2.24, 2.45) is 5.92 Å². The molecular formula is C14H24ClN3OS. The van der Waals surface area contributed by atoms with Gasteiger partial charge in [0.2, 0.25) is 5.91 Å². The average Bonchev–Trinajstić information content (AvgIpc) is 2.90. The highest BCUT2D eigenvalue weighted by molar-refractivity contribution is 7.09. The summed E-state index contributed by atoms with van der Waals surface area (Å²) in [5, 5.41) is 5.88. The zero-order valence-electron chi connectivity index (χ0n) is 12.5. The first-order chi connectivity index (χ1) is 9.56. The zero-order valence-corrected chi connectivity index (χ0v) is 14.1. The van der Waals surface area contributed by atoms with Gasteiger partial charge in [-0.3, -0.25) is 4.79 Å². The second-order valence-electron chi connectivity index (χ2n) is 5.10. The van der Waals surface area contributed by atoms with Gasteiger partial charge >= 0.3 is 0 Å². The van der Waals surface area contributed by atoms with Crippen LogP contribution in [0.4, 0.5) is 0 Å². The first-order valence-corrected chi connectivity index (χ1v) is 8.37. The van der Waals surface area contributed by atoms with Crippen LogP contribution in [0.1, 0.15) is 30.5 Å². The molecule has 0 aliphatic heterocycles. The summed E-state index contributed by atoms with van der Waals surface area (Å²) in [6, 6.07) is 0. The topological polar surface area (TPSA) is 45.2 Å². The van der Waals surface area contributed by atoms with Crippen LogP contribution in [0, 0.1) is 5.92 Å². The summed E-state index contributed by atoms with van der Waals surface area (Å²) in [6.07, 6.45) is 3.25. The molecule has 0 aliphatic rings. The first-order valence-electron chi connectivity index (χ1n) is 6.96. The van der Waals surface area contributed by atoms with E-state index in [0.29, 0.717) is 5.88 Å². The summed E-state index contributed by atoms with van der Waals surface area (Å²) >= 11 is 7.42. The Morgan fingerprint density at radius 3 is 2.90 bits per heavy atom. The Kier molecular flexibility index (Phi) is 8.11. The Bertz CT molecular complexity index is 411. The van der Waals surface area contributed by atoms with E-state index in [0.717, 1.165) is 38.0 Å². The normalized spacial score (nSPS) is 12.7. The third kappa shape index (κ3) is 6.20. The Morgan fingerprint density at radius 2 is 2.30 bits per heavy atom. The van der Waals surface area contributed by atoms with E-state index in [4.69, 9.17) is 11.6 Å². The number of aryl methyl sites for hydroxylation is 1. The van der Waals surface area contributed by atoms with Crippen LogP contribution in [0.5, 0.6) is 0 Å². The molecule has 1 atom stereocenters. The van der Waals surface area contributed by atoms with Crippen LogP contribution < -0.4 is 5.32 Å². The van der Waals surface area contributed by atoms with Crippen molar-refractivity contribution in [3.05, 3.63) is 16.1 Å². The van der Waals surface area contributed by atoms with Crippen LogP contribution in [-0.4, -0.2) is 43.0 Å². The lowest BCUT2D eigenvalue weighted by atomic mass is 10.1. The number of nitrogens with one attached hydrogen (secondary N) is 1. The third-order valence-corrected chi connectivity index (χ3v) is 4.43. The van der Waals surface area contributed by atoms with Gasteiger partial charge in [0.05, 0.1) is 16.6 Å². The Morgan fingerprint density at radius 1 is 1.55 bits per heavy atom. The van der Waals surface area contributed by atoms with Crippen molar-refractivity contribution in [1.29, 1.82) is 0 Å². The van der Waals surface area contributed by atoms with Crippen molar-refractivity contribution in [2.45, 2.75) is 32.1 Å². The molecule has 20 heavy (non-hydrogen) atoms. The smallest absolute Gasteiger partial charge is 0.223 e. The van der Waals surface area contributed by atoms with Gasteiger partial charge < -0.3 is 10.2 Å². The largest absolute Gasteiger partial charge is 0.359 e. The van der Waals surface area contributed by atoms with Crippen LogP contribution in [0.25, 0.3) is 0 Å². The fourth-order valence-corrected chi connectivity index (χ4v) is 3.14. The van der Waals surface area contributed by atoms with Crippen molar-refractivity contribution in [2.75, 3.05) is 27.2 Å². The number of carbonyl (C=O) groups excluding carboxylic acids is 1. The van der Waals surface area contributed by atoms with Crippen LogP contribution in [0.2, 0.25) is 0 Å². The molecule has 1 heterocycles. The van der Waals surface area contributed by atoms with E-state index in [-0.39, 0.29) is 11.8 Å². The molecule has 6 heteroatoms. The summed E-state index contributed by atoms with van der Waals surface area (Å²) in [5.41, 5.74) is 0.975. The quantitative estimate of drug-likeness (QED) is 0.562. The number of thiazole rings is 1. The zero-order chi connectivity index (χ0) is 15.0. The van der Waals surface area contributed by atoms with Crippen molar-refractivity contribution in [3.8, 4) is 0 Å². The van der Waals surface area contributed by atoms with E-state index in [1.165, 1.54) is 5.01 Å². The number of hydrogen-bond acceptors (Lipinski definition) is 4. The molecule has 1 rings (SSSR count). The predicted molar refractivity (Wildman–Crippen MR) is 85.3 cm³/mol. The van der Waals surface area contributed by atoms with Crippen LogP contribution in [0.3, 0.4) is 0 Å². The highest BCUT2D eigenvalue weighted by Crippen LogP contribution is 2.14. The fraction of sp³-hybridized carbons (Fsp3) is 0.714. The van der Waals surface area contributed by atoms with Crippen molar-refractivity contribution in [1.82, 2.24) is 15.2 Å². The molecule has 0 aromatic carbocycles. The molecule has 0 saturated heterocycles. The average molecular weight is 318 g/mol. The standard InChI is InChI=1S/C14H24ClN3OS/c1-11(14(19)16-2)9-18(3)7-5-4-6-13-17-12(8-15)10-20-13/h10-11H,4-9H2,1-3H3,(H,16,19). The van der Waals surface area contributed by atoms with E-state index in [2.05, 4.69) is 22.2 Å². The van der Waals surface area contributed by atoms with Gasteiger partial charge in [-0.1, -0.05) is 6.92 Å². The van der Waals surface area contributed by atoms with E-state index in [1.54, 1.807) is 18.4 Å². The lowest BCUT2D eigenvalue weighted by Crippen LogP contribution is -2.34. The van der Waals surface area contributed by atoms with Gasteiger partial charge in [-0.05, 0) is 32.9 Å². The lowest BCUT2D eigenvalue weighted by Gasteiger charge is -2.20. The van der Waals surface area contributed by atoms with Gasteiger partial charge in [-0.25, -0.2) is 4.98 Å². The molecule has 1 amide bonds. The molecule has 1 aromatic heterocycles. The molecule has 0 aliphatic carbocycles. The van der Waals surface area contributed by atoms with Crippen LogP contribution in [0.15, 0.2) is 5.38 Å². The summed E-state index contributed by atoms with van der Waals surface area (Å²) in [6.45, 7) is 3.76. The molecular weight excluding hydrogens is 294 g/mol. The van der Waals surface area contributed by atoms with E-state index in [1.807, 2.05) is 12.3 Å². The summed E-state index contributed by atoms with van der Waals surface area (Å²) in [4.78, 5) is 18.1. The SMILES string of the molecule is CNC(=O)C(C)CN(C)CCCCc1nc(CCl)cs1. The third-order valence-electron chi connectivity index (χ3n) is 3.20. The number of hydrogen-bond donors (Lipinski definition) is 1. The number of unbranched alkanes of at least 4 members (excludes halogenated alkanes) is 1. The Hall–Kier alpha value is -0.650. The molecule has 1 aromatic rings. The maximum Gasteiger partial charge on any atom is 0.223 e. The number of alkyl halides is 1. The molecule has 0 bridgehead atoms. The molecule has 1 unspecified atom stereocenters. The summed E-state index contributed by atoms with van der Waals surface area (Å²) < 4.78 is 0. The molecule has 4 nitrogen and oxygen atoms in total. The van der Waals surface area contributed by atoms with Crippen molar-refractivity contribution < 1.29 is 4.79 Å². The molecule has 0 spiro atoms. The monoisotopic (exact) mass is 317 g/mol. The second-order valence-corrected chi connectivity index (χ2v) is 6.31. The number of nitrogens with zero attached hydrogens (tertiary/aromatic N) is 2. The molecule has 0 radical (unpaired) electrons. The minimum absolute atomic E-state index is 0.0373. The molecule has 0 saturated carbocycles. The predicted octanol–water partition coefficient (Wildman–Crippen LogP) is 2.52. The van der Waals surface area contributed by atoms with Gasteiger partial charge in [0, 0.05) is 24.9 Å². The van der Waals surface area contributed by atoms with E-state index >= 15 is 0 Å². The maximum atomic E-state index is 11.4. The number of halogens is 1. The lowest BCUT2D eigenvalue weighted by molar-refractivity contribution is -0.124. The van der Waals surface area contributed by atoms with E-state index in [9.17, 15) is 4.79 Å². The number of rotatable bonds is 9. The fourth-order valence-electron chi connectivity index (χ4n) is 2.07. The number of amides is 1. The molecule has 0 fully saturated rings. The highest BCUT2D eigenvalue weighted by atomic mass is 35.5.